The van der Waals surface area contributed by atoms with Crippen LogP contribution in [0.3, 0.4) is 0 Å². The van der Waals surface area contributed by atoms with Crippen molar-refractivity contribution < 1.29 is 9.59 Å². The number of hydrogen-bond donors (Lipinski definition) is 4. The second kappa shape index (κ2) is 8.15. The number of nitrogens with one attached hydrogen (secondary N) is 4. The number of hydrogen-bond acceptors (Lipinski definition) is 3. The van der Waals surface area contributed by atoms with Crippen molar-refractivity contribution in [2.45, 2.75) is 38.1 Å². The van der Waals surface area contributed by atoms with Gasteiger partial charge in [0.25, 0.3) is 5.91 Å². The number of benzene rings is 1. The third-order valence-corrected chi connectivity index (χ3v) is 4.53. The molecule has 4 N–H and O–H groups in total. The lowest BCUT2D eigenvalue weighted by molar-refractivity contribution is 0.0950. The van der Waals surface area contributed by atoms with Gasteiger partial charge in [0.1, 0.15) is 0 Å². The van der Waals surface area contributed by atoms with Crippen LogP contribution < -0.4 is 21.3 Å². The van der Waals surface area contributed by atoms with Crippen LogP contribution in [0.15, 0.2) is 24.3 Å². The summed E-state index contributed by atoms with van der Waals surface area (Å²) in [5.41, 5.74) is 1.21. The molecule has 2 fully saturated rings. The summed E-state index contributed by atoms with van der Waals surface area (Å²) in [6.45, 7) is 2.84. The number of rotatable bonds is 6. The molecule has 3 amide bonds. The summed E-state index contributed by atoms with van der Waals surface area (Å²) < 4.78 is 0. The first-order valence-corrected chi connectivity index (χ1v) is 8.87. The summed E-state index contributed by atoms with van der Waals surface area (Å²) in [5.74, 6) is 0.559. The summed E-state index contributed by atoms with van der Waals surface area (Å²) >= 11 is 0. The molecule has 1 aliphatic heterocycles. The van der Waals surface area contributed by atoms with Crippen LogP contribution in [-0.2, 0) is 0 Å². The van der Waals surface area contributed by atoms with E-state index in [0.29, 0.717) is 29.8 Å². The third-order valence-electron chi connectivity index (χ3n) is 4.53. The maximum atomic E-state index is 12.3. The van der Waals surface area contributed by atoms with Gasteiger partial charge >= 0.3 is 6.03 Å². The molecule has 6 heteroatoms. The van der Waals surface area contributed by atoms with Gasteiger partial charge in [0.15, 0.2) is 0 Å². The van der Waals surface area contributed by atoms with Crippen LogP contribution in [0.5, 0.6) is 0 Å². The van der Waals surface area contributed by atoms with Gasteiger partial charge in [-0.25, -0.2) is 4.79 Å². The molecule has 1 aromatic rings. The van der Waals surface area contributed by atoms with E-state index in [1.807, 2.05) is 0 Å². The fourth-order valence-corrected chi connectivity index (χ4v) is 2.98. The van der Waals surface area contributed by atoms with E-state index in [2.05, 4.69) is 21.3 Å². The Morgan fingerprint density at radius 2 is 2.08 bits per heavy atom. The normalized spacial score (nSPS) is 20.2. The van der Waals surface area contributed by atoms with Gasteiger partial charge in [-0.15, -0.1) is 0 Å². The fourth-order valence-electron chi connectivity index (χ4n) is 2.98. The number of piperidine rings is 1. The van der Waals surface area contributed by atoms with E-state index in [4.69, 9.17) is 0 Å². The second-order valence-corrected chi connectivity index (χ2v) is 6.71. The van der Waals surface area contributed by atoms with E-state index in [-0.39, 0.29) is 11.9 Å². The van der Waals surface area contributed by atoms with Gasteiger partial charge in [-0.3, -0.25) is 4.79 Å². The predicted octanol–water partition coefficient (Wildman–Crippen LogP) is 2.09. The van der Waals surface area contributed by atoms with Crippen LogP contribution >= 0.6 is 0 Å². The molecule has 1 aliphatic carbocycles. The fraction of sp³-hybridized carbons (Fsp3) is 0.556. The first-order chi connectivity index (χ1) is 11.7. The lowest BCUT2D eigenvalue weighted by Crippen LogP contribution is -2.33. The molecule has 1 saturated carbocycles. The van der Waals surface area contributed by atoms with Crippen LogP contribution in [0.25, 0.3) is 0 Å². The Hall–Kier alpha value is -2.08. The molecule has 1 atom stereocenters. The monoisotopic (exact) mass is 330 g/mol. The van der Waals surface area contributed by atoms with Crippen molar-refractivity contribution in [3.05, 3.63) is 29.8 Å². The van der Waals surface area contributed by atoms with Crippen LogP contribution in [0.1, 0.15) is 42.5 Å². The van der Waals surface area contributed by atoms with Gasteiger partial charge in [-0.2, -0.15) is 0 Å². The quantitative estimate of drug-likeness (QED) is 0.645. The van der Waals surface area contributed by atoms with Crippen molar-refractivity contribution in [2.75, 3.05) is 25.0 Å². The van der Waals surface area contributed by atoms with Crippen molar-refractivity contribution in [1.82, 2.24) is 16.0 Å². The maximum absolute atomic E-state index is 12.3. The summed E-state index contributed by atoms with van der Waals surface area (Å²) in [6, 6.07) is 7.15. The average molecular weight is 330 g/mol. The van der Waals surface area contributed by atoms with Crippen molar-refractivity contribution in [3.8, 4) is 0 Å². The summed E-state index contributed by atoms with van der Waals surface area (Å²) in [4.78, 5) is 24.0. The number of urea groups is 1. The smallest absolute Gasteiger partial charge is 0.319 e. The Morgan fingerprint density at radius 3 is 2.83 bits per heavy atom. The third kappa shape index (κ3) is 5.23. The Labute approximate surface area is 142 Å². The molecule has 0 bridgehead atoms. The highest BCUT2D eigenvalue weighted by Gasteiger charge is 2.23. The molecule has 3 rings (SSSR count). The zero-order valence-electron chi connectivity index (χ0n) is 13.9. The first-order valence-electron chi connectivity index (χ1n) is 8.87. The minimum Gasteiger partial charge on any atom is -0.352 e. The van der Waals surface area contributed by atoms with Crippen LogP contribution in [0.4, 0.5) is 10.5 Å². The summed E-state index contributed by atoms with van der Waals surface area (Å²) in [7, 11) is 0. The predicted molar refractivity (Wildman–Crippen MR) is 94.2 cm³/mol. The van der Waals surface area contributed by atoms with E-state index >= 15 is 0 Å². The first kappa shape index (κ1) is 16.8. The minimum atomic E-state index is -0.208. The van der Waals surface area contributed by atoms with Gasteiger partial charge in [0.05, 0.1) is 0 Å². The van der Waals surface area contributed by atoms with Crippen LogP contribution in [-0.4, -0.2) is 37.6 Å². The van der Waals surface area contributed by atoms with E-state index in [9.17, 15) is 9.59 Å². The average Bonchev–Trinajstić information content (AvgIpc) is 3.40. The molecule has 130 valence electrons. The lowest BCUT2D eigenvalue weighted by atomic mass is 9.96. The molecule has 2 aliphatic rings. The van der Waals surface area contributed by atoms with Gasteiger partial charge in [0, 0.05) is 23.8 Å². The Bertz CT molecular complexity index is 580. The molecule has 1 heterocycles. The standard InChI is InChI=1S/C18H26N4O2/c23-17(20-10-8-13-3-2-9-19-12-13)14-4-1-5-16(11-14)22-18(24)21-15-6-7-15/h1,4-5,11,13,15,19H,2-3,6-10,12H2,(H,20,23)(H2,21,22,24). The molecular formula is C18H26N4O2. The lowest BCUT2D eigenvalue weighted by Gasteiger charge is -2.22. The van der Waals surface area contributed by atoms with Gasteiger partial charge in [-0.1, -0.05) is 6.07 Å². The van der Waals surface area contributed by atoms with Gasteiger partial charge in [-0.05, 0) is 69.3 Å². The minimum absolute atomic E-state index is 0.0926. The summed E-state index contributed by atoms with van der Waals surface area (Å²) in [5, 5.41) is 12.0. The molecule has 6 nitrogen and oxygen atoms in total. The Kier molecular flexibility index (Phi) is 5.69. The highest BCUT2D eigenvalue weighted by atomic mass is 16.2. The maximum Gasteiger partial charge on any atom is 0.319 e. The van der Waals surface area contributed by atoms with E-state index in [0.717, 1.165) is 32.4 Å². The highest BCUT2D eigenvalue weighted by Crippen LogP contribution is 2.19. The van der Waals surface area contributed by atoms with Crippen molar-refractivity contribution >= 4 is 17.6 Å². The Balaban J connectivity index is 1.45. The highest BCUT2D eigenvalue weighted by molar-refractivity contribution is 5.96. The molecule has 1 unspecified atom stereocenters. The Morgan fingerprint density at radius 1 is 1.21 bits per heavy atom. The topological polar surface area (TPSA) is 82.3 Å². The van der Waals surface area contributed by atoms with Crippen LogP contribution in [0.2, 0.25) is 0 Å². The molecule has 0 radical (unpaired) electrons. The van der Waals surface area contributed by atoms with E-state index in [1.165, 1.54) is 12.8 Å². The second-order valence-electron chi connectivity index (χ2n) is 6.71. The molecule has 1 saturated heterocycles. The van der Waals surface area contributed by atoms with E-state index in [1.54, 1.807) is 24.3 Å². The number of carbonyl (C=O) groups is 2. The zero-order chi connectivity index (χ0) is 16.8. The molecular weight excluding hydrogens is 304 g/mol. The molecule has 0 aromatic heterocycles. The van der Waals surface area contributed by atoms with Gasteiger partial charge < -0.3 is 21.3 Å². The number of carbonyl (C=O) groups excluding carboxylic acids is 2. The SMILES string of the molecule is O=C(Nc1cccc(C(=O)NCCC2CCCNC2)c1)NC1CC1. The van der Waals surface area contributed by atoms with E-state index < -0.39 is 0 Å². The molecule has 24 heavy (non-hydrogen) atoms. The molecule has 0 spiro atoms. The summed E-state index contributed by atoms with van der Waals surface area (Å²) in [6.07, 6.45) is 5.55. The zero-order valence-corrected chi connectivity index (χ0v) is 13.9. The molecule has 1 aromatic carbocycles. The van der Waals surface area contributed by atoms with Crippen molar-refractivity contribution in [2.24, 2.45) is 5.92 Å². The van der Waals surface area contributed by atoms with Crippen molar-refractivity contribution in [3.63, 3.8) is 0 Å². The van der Waals surface area contributed by atoms with Crippen molar-refractivity contribution in [1.29, 1.82) is 0 Å². The van der Waals surface area contributed by atoms with Crippen LogP contribution in [0, 0.1) is 5.92 Å². The van der Waals surface area contributed by atoms with Gasteiger partial charge in [0.2, 0.25) is 0 Å². The number of amides is 3. The largest absolute Gasteiger partial charge is 0.352 e. The number of anilines is 1.